The van der Waals surface area contributed by atoms with Crippen molar-refractivity contribution in [2.75, 3.05) is 36.5 Å². The maximum absolute atomic E-state index is 12.0. The average Bonchev–Trinajstić information content (AvgIpc) is 3.52. The number of nitrogens with one attached hydrogen (secondary N) is 3. The van der Waals surface area contributed by atoms with Gasteiger partial charge in [0.2, 0.25) is 10.0 Å². The normalized spacial score (nSPS) is 11.9. The number of nitrogens with zero attached hydrogens (tertiary/aromatic N) is 6. The van der Waals surface area contributed by atoms with Crippen LogP contribution in [-0.2, 0) is 14.8 Å². The molecule has 15 heteroatoms. The molecule has 0 unspecified atom stereocenters. The fourth-order valence-corrected chi connectivity index (χ4v) is 4.96. The topological polar surface area (TPSA) is 167 Å². The minimum atomic E-state index is -3.48. The molecule has 0 aliphatic rings. The molecule has 5 aromatic rings. The van der Waals surface area contributed by atoms with Crippen LogP contribution in [0.25, 0.3) is 33.5 Å². The Morgan fingerprint density at radius 3 is 2.65 bits per heavy atom. The standard InChI is InChI=1S/C28H33N9O5S/c1-28(2,3)42-27(38)31-11-6-10-29-25-20-16-32-21(19-17-33-36-13-7-12-30-26(19)36)15-23(20)37(34-25)22-9-8-18(14-24(22)41-4)35-43(5,39)40/h7-9,12-17,35H,6,10-11H2,1-5H3,(H,29,34)(H,31,38). The SMILES string of the molecule is COc1cc(NS(C)(=O)=O)ccc1-n1nc(NCCCNC(=O)OC(C)(C)C)c2cnc(-c3cnn4cccnc34)cc21. The Morgan fingerprint density at radius 2 is 1.91 bits per heavy atom. The lowest BCUT2D eigenvalue weighted by Crippen LogP contribution is -2.33. The third-order valence-electron chi connectivity index (χ3n) is 6.15. The lowest BCUT2D eigenvalue weighted by Gasteiger charge is -2.19. The average molecular weight is 608 g/mol. The van der Waals surface area contributed by atoms with Crippen LogP contribution in [0.1, 0.15) is 27.2 Å². The largest absolute Gasteiger partial charge is 0.494 e. The van der Waals surface area contributed by atoms with Crippen LogP contribution in [-0.4, -0.2) is 75.9 Å². The lowest BCUT2D eigenvalue weighted by molar-refractivity contribution is 0.0527. The zero-order valence-electron chi connectivity index (χ0n) is 24.5. The number of carbonyl (C=O) groups excluding carboxylic acids is 1. The molecule has 0 aliphatic heterocycles. The highest BCUT2D eigenvalue weighted by molar-refractivity contribution is 7.92. The Morgan fingerprint density at radius 1 is 1.09 bits per heavy atom. The number of methoxy groups -OCH3 is 1. The van der Waals surface area contributed by atoms with Crippen molar-refractivity contribution in [2.45, 2.75) is 32.8 Å². The van der Waals surface area contributed by atoms with Gasteiger partial charge in [0.25, 0.3) is 0 Å². The molecule has 0 saturated carbocycles. The molecule has 4 heterocycles. The number of hydrogen-bond acceptors (Lipinski definition) is 10. The Labute approximate surface area is 248 Å². The predicted octanol–water partition coefficient (Wildman–Crippen LogP) is 3.84. The molecule has 14 nitrogen and oxygen atoms in total. The van der Waals surface area contributed by atoms with Crippen molar-refractivity contribution >= 4 is 44.2 Å². The number of fused-ring (bicyclic) bond motifs is 2. The Balaban J connectivity index is 1.49. The maximum atomic E-state index is 12.0. The molecule has 0 bridgehead atoms. The molecule has 1 aromatic carbocycles. The zero-order valence-corrected chi connectivity index (χ0v) is 25.3. The van der Waals surface area contributed by atoms with Crippen LogP contribution in [0, 0.1) is 0 Å². The van der Waals surface area contributed by atoms with Gasteiger partial charge in [-0.1, -0.05) is 0 Å². The van der Waals surface area contributed by atoms with Gasteiger partial charge in [-0.15, -0.1) is 5.10 Å². The summed E-state index contributed by atoms with van der Waals surface area (Å²) in [6, 6.07) is 8.65. The van der Waals surface area contributed by atoms with Crippen molar-refractivity contribution < 1.29 is 22.7 Å². The van der Waals surface area contributed by atoms with Gasteiger partial charge in [-0.25, -0.2) is 27.4 Å². The highest BCUT2D eigenvalue weighted by Crippen LogP contribution is 2.34. The smallest absolute Gasteiger partial charge is 0.407 e. The van der Waals surface area contributed by atoms with Crippen molar-refractivity contribution in [2.24, 2.45) is 0 Å². The first-order valence-electron chi connectivity index (χ1n) is 13.5. The van der Waals surface area contributed by atoms with Crippen LogP contribution in [0.15, 0.2) is 55.1 Å². The number of sulfonamides is 1. The summed E-state index contributed by atoms with van der Waals surface area (Å²) in [7, 11) is -1.98. The van der Waals surface area contributed by atoms with E-state index in [1.54, 1.807) is 52.1 Å². The van der Waals surface area contributed by atoms with Gasteiger partial charge < -0.3 is 20.1 Å². The fraction of sp³-hybridized carbons (Fsp3) is 0.321. The Bertz CT molecular complexity index is 1890. The van der Waals surface area contributed by atoms with E-state index in [-0.39, 0.29) is 0 Å². The molecule has 226 valence electrons. The van der Waals surface area contributed by atoms with Crippen LogP contribution in [0.3, 0.4) is 0 Å². The molecular formula is C28H33N9O5S. The van der Waals surface area contributed by atoms with Gasteiger partial charge in [0, 0.05) is 37.7 Å². The minimum absolute atomic E-state index is 0.357. The van der Waals surface area contributed by atoms with Crippen LogP contribution in [0.2, 0.25) is 0 Å². The van der Waals surface area contributed by atoms with Gasteiger partial charge in [0.1, 0.15) is 17.0 Å². The van der Waals surface area contributed by atoms with Gasteiger partial charge in [0.05, 0.1) is 47.4 Å². The zero-order chi connectivity index (χ0) is 30.8. The predicted molar refractivity (Wildman–Crippen MR) is 163 cm³/mol. The van der Waals surface area contributed by atoms with Gasteiger partial charge in [-0.3, -0.25) is 9.71 Å². The molecule has 0 fully saturated rings. The monoisotopic (exact) mass is 607 g/mol. The maximum Gasteiger partial charge on any atom is 0.407 e. The van der Waals surface area contributed by atoms with E-state index in [9.17, 15) is 13.2 Å². The second-order valence-corrected chi connectivity index (χ2v) is 12.5. The first kappa shape index (κ1) is 29.6. The second-order valence-electron chi connectivity index (χ2n) is 10.8. The van der Waals surface area contributed by atoms with Gasteiger partial charge in [0.15, 0.2) is 11.5 Å². The van der Waals surface area contributed by atoms with E-state index >= 15 is 0 Å². The van der Waals surface area contributed by atoms with Gasteiger partial charge in [-0.05, 0) is 51.5 Å². The summed E-state index contributed by atoms with van der Waals surface area (Å²) in [6.45, 7) is 6.35. The summed E-state index contributed by atoms with van der Waals surface area (Å²) in [5, 5.41) is 16.1. The summed E-state index contributed by atoms with van der Waals surface area (Å²) < 4.78 is 40.4. The first-order valence-corrected chi connectivity index (χ1v) is 15.4. The van der Waals surface area contributed by atoms with Crippen LogP contribution in [0.5, 0.6) is 5.75 Å². The van der Waals surface area contributed by atoms with Crippen molar-refractivity contribution in [1.29, 1.82) is 0 Å². The molecule has 0 radical (unpaired) electrons. The number of ether oxygens (including phenoxy) is 2. The van der Waals surface area contributed by atoms with E-state index in [1.807, 2.05) is 33.0 Å². The van der Waals surface area contributed by atoms with E-state index in [2.05, 4.69) is 25.4 Å². The van der Waals surface area contributed by atoms with E-state index in [1.165, 1.54) is 7.11 Å². The van der Waals surface area contributed by atoms with Crippen LogP contribution >= 0.6 is 0 Å². The van der Waals surface area contributed by atoms with E-state index < -0.39 is 21.7 Å². The number of alkyl carbamates (subject to hydrolysis) is 1. The van der Waals surface area contributed by atoms with Crippen molar-refractivity contribution in [3.8, 4) is 22.7 Å². The molecule has 43 heavy (non-hydrogen) atoms. The molecule has 0 spiro atoms. The molecular weight excluding hydrogens is 574 g/mol. The number of aromatic nitrogens is 6. The number of anilines is 2. The molecule has 5 rings (SSSR count). The molecule has 4 aromatic heterocycles. The number of benzene rings is 1. The molecule has 1 amide bonds. The summed E-state index contributed by atoms with van der Waals surface area (Å²) in [5.41, 5.74) is 3.14. The summed E-state index contributed by atoms with van der Waals surface area (Å²) in [5.74, 6) is 0.979. The first-order chi connectivity index (χ1) is 20.4. The molecule has 0 atom stereocenters. The molecule has 0 saturated heterocycles. The van der Waals surface area contributed by atoms with E-state index in [0.717, 1.165) is 22.7 Å². The lowest BCUT2D eigenvalue weighted by atomic mass is 10.2. The number of rotatable bonds is 10. The van der Waals surface area contributed by atoms with Crippen molar-refractivity contribution in [3.63, 3.8) is 0 Å². The fourth-order valence-electron chi connectivity index (χ4n) is 4.41. The quantitative estimate of drug-likeness (QED) is 0.199. The highest BCUT2D eigenvalue weighted by atomic mass is 32.2. The third kappa shape index (κ3) is 6.94. The van der Waals surface area contributed by atoms with E-state index in [4.69, 9.17) is 19.6 Å². The van der Waals surface area contributed by atoms with E-state index in [0.29, 0.717) is 53.8 Å². The Kier molecular flexibility index (Phi) is 8.08. The van der Waals surface area contributed by atoms with Crippen LogP contribution in [0.4, 0.5) is 16.3 Å². The number of pyridine rings is 1. The molecule has 3 N–H and O–H groups in total. The second kappa shape index (κ2) is 11.8. The minimum Gasteiger partial charge on any atom is -0.494 e. The number of hydrogen-bond donors (Lipinski definition) is 3. The van der Waals surface area contributed by atoms with Crippen LogP contribution < -0.4 is 20.1 Å². The summed E-state index contributed by atoms with van der Waals surface area (Å²) >= 11 is 0. The van der Waals surface area contributed by atoms with Crippen molar-refractivity contribution in [1.82, 2.24) is 34.7 Å². The highest BCUT2D eigenvalue weighted by Gasteiger charge is 2.19. The number of carbonyl (C=O) groups is 1. The molecule has 0 aliphatic carbocycles. The third-order valence-corrected chi connectivity index (χ3v) is 6.75. The van der Waals surface area contributed by atoms with Gasteiger partial charge in [-0.2, -0.15) is 5.10 Å². The Hall–Kier alpha value is -4.92. The summed E-state index contributed by atoms with van der Waals surface area (Å²) in [4.78, 5) is 21.1. The number of amides is 1. The summed E-state index contributed by atoms with van der Waals surface area (Å²) in [6.07, 6.45) is 8.17. The van der Waals surface area contributed by atoms with Crippen molar-refractivity contribution in [3.05, 3.63) is 55.1 Å². The van der Waals surface area contributed by atoms with Gasteiger partial charge >= 0.3 is 6.09 Å².